The van der Waals surface area contributed by atoms with E-state index in [1.807, 2.05) is 12.1 Å². The van der Waals surface area contributed by atoms with Crippen molar-refractivity contribution in [2.24, 2.45) is 4.99 Å². The molecule has 174 valence electrons. The van der Waals surface area contributed by atoms with Crippen molar-refractivity contribution in [3.05, 3.63) is 54.1 Å². The van der Waals surface area contributed by atoms with Crippen LogP contribution in [-0.4, -0.2) is 73.2 Å². The molecule has 32 heavy (non-hydrogen) atoms. The van der Waals surface area contributed by atoms with Crippen LogP contribution in [0.4, 0.5) is 10.3 Å². The van der Waals surface area contributed by atoms with Crippen LogP contribution >= 0.6 is 0 Å². The summed E-state index contributed by atoms with van der Waals surface area (Å²) < 4.78 is 13.6. The Hall–Kier alpha value is -2.74. The molecule has 1 aliphatic heterocycles. The fourth-order valence-corrected chi connectivity index (χ4v) is 3.75. The predicted molar refractivity (Wildman–Crippen MR) is 129 cm³/mol. The minimum Gasteiger partial charge on any atom is -0.357 e. The van der Waals surface area contributed by atoms with Crippen LogP contribution in [-0.2, 0) is 5.41 Å². The van der Waals surface area contributed by atoms with Gasteiger partial charge in [-0.3, -0.25) is 9.89 Å². The number of guanidine groups is 1. The number of nitrogens with zero attached hydrogens (tertiary/aromatic N) is 5. The lowest BCUT2D eigenvalue weighted by molar-refractivity contribution is 0.254. The summed E-state index contributed by atoms with van der Waals surface area (Å²) in [6, 6.07) is 8.64. The molecule has 7 nitrogen and oxygen atoms in total. The zero-order valence-corrected chi connectivity index (χ0v) is 19.5. The maximum absolute atomic E-state index is 13.6. The van der Waals surface area contributed by atoms with Gasteiger partial charge in [0.25, 0.3) is 0 Å². The second kappa shape index (κ2) is 11.8. The number of rotatable bonds is 9. The zero-order chi connectivity index (χ0) is 22.8. The molecule has 0 saturated carbocycles. The average Bonchev–Trinajstić information content (AvgIpc) is 2.81. The van der Waals surface area contributed by atoms with E-state index in [9.17, 15) is 4.39 Å². The van der Waals surface area contributed by atoms with Crippen LogP contribution in [0, 0.1) is 5.82 Å². The molecule has 0 bridgehead atoms. The van der Waals surface area contributed by atoms with E-state index in [-0.39, 0.29) is 11.2 Å². The third-order valence-electron chi connectivity index (χ3n) is 5.73. The van der Waals surface area contributed by atoms with Gasteiger partial charge in [0.05, 0.1) is 6.54 Å². The Morgan fingerprint density at radius 2 is 1.84 bits per heavy atom. The summed E-state index contributed by atoms with van der Waals surface area (Å²) >= 11 is 0. The molecule has 1 saturated heterocycles. The molecule has 0 radical (unpaired) electrons. The van der Waals surface area contributed by atoms with Crippen molar-refractivity contribution >= 4 is 11.9 Å². The van der Waals surface area contributed by atoms with Gasteiger partial charge in [0.2, 0.25) is 5.95 Å². The maximum atomic E-state index is 13.6. The van der Waals surface area contributed by atoms with E-state index in [1.54, 1.807) is 24.5 Å². The second-order valence-corrected chi connectivity index (χ2v) is 8.75. The minimum atomic E-state index is -0.243. The number of aliphatic imine (C=N–C) groups is 1. The molecule has 1 aromatic heterocycles. The smallest absolute Gasteiger partial charge is 0.225 e. The van der Waals surface area contributed by atoms with Crippen LogP contribution in [0.15, 0.2) is 47.7 Å². The molecule has 1 aromatic carbocycles. The van der Waals surface area contributed by atoms with Gasteiger partial charge in [0, 0.05) is 57.1 Å². The van der Waals surface area contributed by atoms with Gasteiger partial charge in [0.1, 0.15) is 5.82 Å². The molecule has 0 spiro atoms. The summed E-state index contributed by atoms with van der Waals surface area (Å²) in [4.78, 5) is 18.2. The molecule has 8 heteroatoms. The topological polar surface area (TPSA) is 68.7 Å². The minimum absolute atomic E-state index is 0.207. The van der Waals surface area contributed by atoms with Gasteiger partial charge in [-0.1, -0.05) is 26.0 Å². The standard InChI is InChI=1S/C24H36FN7/c1-4-26-22(30-19-24(2,3)20-8-5-9-21(25)18-20)27-12-7-13-31-14-16-32(17-15-31)23-28-10-6-11-29-23/h5-6,8-11,18H,4,7,12-17,19H2,1-3H3,(H2,26,27,30). The Labute approximate surface area is 191 Å². The lowest BCUT2D eigenvalue weighted by Crippen LogP contribution is -2.47. The Bertz CT molecular complexity index is 848. The van der Waals surface area contributed by atoms with Gasteiger partial charge < -0.3 is 15.5 Å². The second-order valence-electron chi connectivity index (χ2n) is 8.75. The van der Waals surface area contributed by atoms with Crippen molar-refractivity contribution in [1.82, 2.24) is 25.5 Å². The zero-order valence-electron chi connectivity index (χ0n) is 19.5. The van der Waals surface area contributed by atoms with Crippen molar-refractivity contribution in [2.45, 2.75) is 32.6 Å². The number of hydrogen-bond acceptors (Lipinski definition) is 5. The first-order chi connectivity index (χ1) is 15.5. The van der Waals surface area contributed by atoms with E-state index >= 15 is 0 Å². The fraction of sp³-hybridized carbons (Fsp3) is 0.542. The molecule has 0 amide bonds. The fourth-order valence-electron chi connectivity index (χ4n) is 3.75. The first-order valence-electron chi connectivity index (χ1n) is 11.5. The van der Waals surface area contributed by atoms with Crippen LogP contribution in [0.2, 0.25) is 0 Å². The third kappa shape index (κ3) is 7.15. The Morgan fingerprint density at radius 3 is 2.53 bits per heavy atom. The van der Waals surface area contributed by atoms with Crippen molar-refractivity contribution < 1.29 is 4.39 Å². The molecule has 0 aliphatic carbocycles. The van der Waals surface area contributed by atoms with Crippen molar-refractivity contribution in [3.63, 3.8) is 0 Å². The number of nitrogens with one attached hydrogen (secondary N) is 2. The van der Waals surface area contributed by atoms with E-state index in [0.717, 1.165) is 69.7 Å². The highest BCUT2D eigenvalue weighted by Gasteiger charge is 2.21. The van der Waals surface area contributed by atoms with Crippen molar-refractivity contribution in [3.8, 4) is 0 Å². The molecule has 0 unspecified atom stereocenters. The highest BCUT2D eigenvalue weighted by Crippen LogP contribution is 2.24. The number of aromatic nitrogens is 2. The summed E-state index contributed by atoms with van der Waals surface area (Å²) in [6.45, 7) is 13.5. The van der Waals surface area contributed by atoms with Crippen LogP contribution in [0.25, 0.3) is 0 Å². The lowest BCUT2D eigenvalue weighted by Gasteiger charge is -2.34. The van der Waals surface area contributed by atoms with Gasteiger partial charge in [-0.25, -0.2) is 14.4 Å². The lowest BCUT2D eigenvalue weighted by atomic mass is 9.85. The van der Waals surface area contributed by atoms with Gasteiger partial charge in [-0.2, -0.15) is 0 Å². The van der Waals surface area contributed by atoms with Gasteiger partial charge in [0.15, 0.2) is 5.96 Å². The van der Waals surface area contributed by atoms with Crippen LogP contribution < -0.4 is 15.5 Å². The van der Waals surface area contributed by atoms with Crippen molar-refractivity contribution in [1.29, 1.82) is 0 Å². The van der Waals surface area contributed by atoms with Crippen molar-refractivity contribution in [2.75, 3.05) is 57.3 Å². The number of piperazine rings is 1. The van der Waals surface area contributed by atoms with Crippen LogP contribution in [0.3, 0.4) is 0 Å². The number of hydrogen-bond donors (Lipinski definition) is 2. The molecular weight excluding hydrogens is 405 g/mol. The highest BCUT2D eigenvalue weighted by atomic mass is 19.1. The quantitative estimate of drug-likeness (QED) is 0.354. The monoisotopic (exact) mass is 441 g/mol. The third-order valence-corrected chi connectivity index (χ3v) is 5.73. The predicted octanol–water partition coefficient (Wildman–Crippen LogP) is 2.66. The average molecular weight is 442 g/mol. The summed E-state index contributed by atoms with van der Waals surface area (Å²) in [5, 5.41) is 6.75. The van der Waals surface area contributed by atoms with E-state index in [2.05, 4.69) is 51.2 Å². The first kappa shape index (κ1) is 23.9. The molecular formula is C24H36FN7. The summed E-state index contributed by atoms with van der Waals surface area (Å²) in [6.07, 6.45) is 4.63. The Morgan fingerprint density at radius 1 is 1.09 bits per heavy atom. The molecule has 2 heterocycles. The Balaban J connectivity index is 1.41. The van der Waals surface area contributed by atoms with Crippen LogP contribution in [0.1, 0.15) is 32.8 Å². The summed E-state index contributed by atoms with van der Waals surface area (Å²) in [7, 11) is 0. The molecule has 3 rings (SSSR count). The SMILES string of the molecule is CCNC(=NCC(C)(C)c1cccc(F)c1)NCCCN1CCN(c2ncccn2)CC1. The van der Waals surface area contributed by atoms with E-state index < -0.39 is 0 Å². The molecule has 1 aliphatic rings. The summed E-state index contributed by atoms with van der Waals surface area (Å²) in [5.41, 5.74) is 0.712. The maximum Gasteiger partial charge on any atom is 0.225 e. The number of benzene rings is 1. The molecule has 0 atom stereocenters. The largest absolute Gasteiger partial charge is 0.357 e. The van der Waals surface area contributed by atoms with E-state index in [0.29, 0.717) is 6.54 Å². The van der Waals surface area contributed by atoms with E-state index in [1.165, 1.54) is 6.07 Å². The van der Waals surface area contributed by atoms with E-state index in [4.69, 9.17) is 4.99 Å². The molecule has 1 fully saturated rings. The Kier molecular flexibility index (Phi) is 8.79. The van der Waals surface area contributed by atoms with Gasteiger partial charge in [-0.05, 0) is 43.7 Å². The molecule has 2 N–H and O–H groups in total. The summed E-state index contributed by atoms with van der Waals surface area (Å²) in [5.74, 6) is 1.42. The normalized spacial score (nSPS) is 15.6. The van der Waals surface area contributed by atoms with Gasteiger partial charge in [-0.15, -0.1) is 0 Å². The highest BCUT2D eigenvalue weighted by molar-refractivity contribution is 5.79. The molecule has 2 aromatic rings. The number of anilines is 1. The van der Waals surface area contributed by atoms with Crippen LogP contribution in [0.5, 0.6) is 0 Å². The van der Waals surface area contributed by atoms with Gasteiger partial charge >= 0.3 is 0 Å². The number of halogens is 1. The first-order valence-corrected chi connectivity index (χ1v) is 11.5.